The largest absolute Gasteiger partial charge is 0.493 e. The molecule has 136 valence electrons. The van der Waals surface area contributed by atoms with Crippen LogP contribution in [-0.2, 0) is 0 Å². The molecule has 0 aliphatic carbocycles. The molecule has 0 spiro atoms. The van der Waals surface area contributed by atoms with E-state index in [1.54, 1.807) is 18.2 Å². The van der Waals surface area contributed by atoms with E-state index in [1.807, 2.05) is 0 Å². The van der Waals surface area contributed by atoms with Crippen LogP contribution in [0.25, 0.3) is 0 Å². The summed E-state index contributed by atoms with van der Waals surface area (Å²) < 4.78 is 37.5. The molecule has 1 aliphatic rings. The van der Waals surface area contributed by atoms with Gasteiger partial charge in [0.1, 0.15) is 17.8 Å². The van der Waals surface area contributed by atoms with E-state index in [1.165, 1.54) is 37.6 Å². The number of methoxy groups -OCH3 is 2. The Bertz CT molecular complexity index is 858. The maximum Gasteiger partial charge on any atom is 0.327 e. The number of halogens is 2. The van der Waals surface area contributed by atoms with Crippen LogP contribution in [-0.4, -0.2) is 25.2 Å². The van der Waals surface area contributed by atoms with Crippen molar-refractivity contribution in [3.8, 4) is 11.5 Å². The van der Waals surface area contributed by atoms with Gasteiger partial charge in [-0.3, -0.25) is 4.90 Å². The fourth-order valence-electron chi connectivity index (χ4n) is 2.63. The van der Waals surface area contributed by atoms with Crippen LogP contribution < -0.4 is 20.1 Å². The molecule has 3 rings (SSSR count). The summed E-state index contributed by atoms with van der Waals surface area (Å²) in [6, 6.07) is 7.64. The van der Waals surface area contributed by atoms with Crippen molar-refractivity contribution in [1.29, 1.82) is 0 Å². The number of nitrogens with one attached hydrogen (secondary N) is 2. The van der Waals surface area contributed by atoms with Crippen LogP contribution in [0.15, 0.2) is 48.8 Å². The Labute approximate surface area is 149 Å². The molecule has 26 heavy (non-hydrogen) atoms. The van der Waals surface area contributed by atoms with Crippen LogP contribution in [0.1, 0.15) is 11.7 Å². The highest BCUT2D eigenvalue weighted by Crippen LogP contribution is 2.31. The number of urea groups is 1. The number of hydrogen-bond donors (Lipinski definition) is 2. The molecule has 1 heterocycles. The lowest BCUT2D eigenvalue weighted by molar-refractivity contribution is 0.213. The second kappa shape index (κ2) is 7.30. The van der Waals surface area contributed by atoms with E-state index >= 15 is 0 Å². The van der Waals surface area contributed by atoms with Gasteiger partial charge in [-0.15, -0.1) is 0 Å². The van der Waals surface area contributed by atoms with Gasteiger partial charge < -0.3 is 20.1 Å². The normalized spacial score (nSPS) is 15.5. The highest BCUT2D eigenvalue weighted by atomic mass is 19.1. The first-order chi connectivity index (χ1) is 12.5. The number of ether oxygens (including phenoxy) is 2. The van der Waals surface area contributed by atoms with Crippen LogP contribution >= 0.6 is 0 Å². The van der Waals surface area contributed by atoms with Crippen molar-refractivity contribution in [2.45, 2.75) is 6.17 Å². The first-order valence-corrected chi connectivity index (χ1v) is 7.72. The molecule has 2 aromatic carbocycles. The lowest BCUT2D eigenvalue weighted by Crippen LogP contribution is -2.35. The molecule has 0 radical (unpaired) electrons. The van der Waals surface area contributed by atoms with Crippen LogP contribution in [0.3, 0.4) is 0 Å². The van der Waals surface area contributed by atoms with Gasteiger partial charge in [0, 0.05) is 35.8 Å². The molecular formula is C18H17F2N3O3. The van der Waals surface area contributed by atoms with E-state index in [9.17, 15) is 13.6 Å². The second-order valence-corrected chi connectivity index (χ2v) is 5.46. The first kappa shape index (κ1) is 17.5. The van der Waals surface area contributed by atoms with E-state index in [4.69, 9.17) is 9.47 Å². The quantitative estimate of drug-likeness (QED) is 0.874. The van der Waals surface area contributed by atoms with Crippen LogP contribution in [0.2, 0.25) is 0 Å². The summed E-state index contributed by atoms with van der Waals surface area (Å²) in [5, 5.41) is 5.57. The molecule has 2 N–H and O–H groups in total. The minimum atomic E-state index is -0.782. The fraction of sp³-hybridized carbons (Fsp3) is 0.167. The average Bonchev–Trinajstić information content (AvgIpc) is 3.11. The number of rotatable bonds is 4. The van der Waals surface area contributed by atoms with Gasteiger partial charge in [-0.25, -0.2) is 13.6 Å². The number of amides is 2. The highest BCUT2D eigenvalue weighted by Gasteiger charge is 2.28. The maximum absolute atomic E-state index is 14.1. The van der Waals surface area contributed by atoms with Crippen LogP contribution in [0, 0.1) is 11.6 Å². The van der Waals surface area contributed by atoms with Crippen molar-refractivity contribution in [2.24, 2.45) is 0 Å². The standard InChI is InChI=1S/C18H17F2N3O3/c1-25-15-6-4-12(10-16(15)26-2)22-18(24)23-8-7-21-17(23)13-5-3-11(19)9-14(13)20/h3-10,17,21H,1-2H3,(H,22,24). The highest BCUT2D eigenvalue weighted by molar-refractivity contribution is 5.91. The van der Waals surface area contributed by atoms with Crippen LogP contribution in [0.5, 0.6) is 11.5 Å². The molecule has 2 aromatic rings. The third kappa shape index (κ3) is 3.39. The molecule has 0 saturated carbocycles. The molecule has 1 atom stereocenters. The summed E-state index contributed by atoms with van der Waals surface area (Å²) in [6.07, 6.45) is 2.21. The van der Waals surface area contributed by atoms with Gasteiger partial charge in [-0.2, -0.15) is 0 Å². The minimum Gasteiger partial charge on any atom is -0.493 e. The Morgan fingerprint density at radius 1 is 1.12 bits per heavy atom. The average molecular weight is 361 g/mol. The van der Waals surface area contributed by atoms with Crippen molar-refractivity contribution in [2.75, 3.05) is 19.5 Å². The molecule has 0 bridgehead atoms. The summed E-state index contributed by atoms with van der Waals surface area (Å²) >= 11 is 0. The van der Waals surface area contributed by atoms with Gasteiger partial charge in [0.05, 0.1) is 14.2 Å². The Kier molecular flexibility index (Phi) is 4.92. The van der Waals surface area contributed by atoms with Gasteiger partial charge in [0.2, 0.25) is 0 Å². The van der Waals surface area contributed by atoms with Gasteiger partial charge >= 0.3 is 6.03 Å². The van der Waals surface area contributed by atoms with Gasteiger partial charge in [0.25, 0.3) is 0 Å². The number of anilines is 1. The van der Waals surface area contributed by atoms with Crippen molar-refractivity contribution in [1.82, 2.24) is 10.2 Å². The van der Waals surface area contributed by atoms with E-state index in [2.05, 4.69) is 10.6 Å². The van der Waals surface area contributed by atoms with Gasteiger partial charge in [-0.05, 0) is 24.3 Å². The summed E-state index contributed by atoms with van der Waals surface area (Å²) in [5.74, 6) is -0.435. The Morgan fingerprint density at radius 3 is 2.58 bits per heavy atom. The van der Waals surface area contributed by atoms with Crippen LogP contribution in [0.4, 0.5) is 19.3 Å². The molecule has 0 saturated heterocycles. The zero-order valence-electron chi connectivity index (χ0n) is 14.1. The topological polar surface area (TPSA) is 62.8 Å². The summed E-state index contributed by atoms with van der Waals surface area (Å²) in [4.78, 5) is 13.9. The number of nitrogens with zero attached hydrogens (tertiary/aromatic N) is 1. The third-order valence-electron chi connectivity index (χ3n) is 3.89. The third-order valence-corrected chi connectivity index (χ3v) is 3.89. The zero-order chi connectivity index (χ0) is 18.7. The molecule has 1 unspecified atom stereocenters. The molecule has 8 heteroatoms. The van der Waals surface area contributed by atoms with Crippen molar-refractivity contribution < 1.29 is 23.0 Å². The molecule has 0 fully saturated rings. The fourth-order valence-corrected chi connectivity index (χ4v) is 2.63. The molecule has 0 aromatic heterocycles. The smallest absolute Gasteiger partial charge is 0.327 e. The molecule has 6 nitrogen and oxygen atoms in total. The summed E-state index contributed by atoms with van der Waals surface area (Å²) in [5.41, 5.74) is 0.630. The molecule has 2 amide bonds. The van der Waals surface area contributed by atoms with Crippen molar-refractivity contribution >= 4 is 11.7 Å². The lowest BCUT2D eigenvalue weighted by Gasteiger charge is -2.25. The summed E-state index contributed by atoms with van der Waals surface area (Å²) in [6.45, 7) is 0. The van der Waals surface area contributed by atoms with Crippen molar-refractivity contribution in [3.63, 3.8) is 0 Å². The Morgan fingerprint density at radius 2 is 1.88 bits per heavy atom. The van der Waals surface area contributed by atoms with Gasteiger partial charge in [-0.1, -0.05) is 0 Å². The molecular weight excluding hydrogens is 344 g/mol. The van der Waals surface area contributed by atoms with E-state index in [-0.39, 0.29) is 5.56 Å². The second-order valence-electron chi connectivity index (χ2n) is 5.46. The first-order valence-electron chi connectivity index (χ1n) is 7.72. The van der Waals surface area contributed by atoms with E-state index < -0.39 is 23.8 Å². The monoisotopic (exact) mass is 361 g/mol. The number of hydrogen-bond acceptors (Lipinski definition) is 4. The Hall–Kier alpha value is -3.29. The predicted octanol–water partition coefficient (Wildman–Crippen LogP) is 3.59. The van der Waals surface area contributed by atoms with E-state index in [0.717, 1.165) is 12.1 Å². The van der Waals surface area contributed by atoms with Gasteiger partial charge in [0.15, 0.2) is 11.5 Å². The van der Waals surface area contributed by atoms with E-state index in [0.29, 0.717) is 17.2 Å². The minimum absolute atomic E-state index is 0.152. The predicted molar refractivity (Wildman–Crippen MR) is 91.8 cm³/mol. The molecule has 1 aliphatic heterocycles. The zero-order valence-corrected chi connectivity index (χ0v) is 14.1. The maximum atomic E-state index is 14.1. The number of benzene rings is 2. The Balaban J connectivity index is 1.79. The lowest BCUT2D eigenvalue weighted by atomic mass is 10.1. The number of carbonyl (C=O) groups excluding carboxylic acids is 1. The van der Waals surface area contributed by atoms with Crippen molar-refractivity contribution in [3.05, 3.63) is 66.0 Å². The summed E-state index contributed by atoms with van der Waals surface area (Å²) in [7, 11) is 3.00. The number of carbonyl (C=O) groups is 1. The SMILES string of the molecule is COc1ccc(NC(=O)N2C=CNC2c2ccc(F)cc2F)cc1OC.